The number of halogens is 2. The lowest BCUT2D eigenvalue weighted by atomic mass is 10.1. The van der Waals surface area contributed by atoms with Crippen LogP contribution in [0.5, 0.6) is 5.88 Å². The van der Waals surface area contributed by atoms with Crippen LogP contribution in [0.15, 0.2) is 30.3 Å². The van der Waals surface area contributed by atoms with E-state index in [1.807, 2.05) is 6.92 Å². The molecule has 7 nitrogen and oxygen atoms in total. The number of amides is 2. The number of hydrogen-bond donors (Lipinski definition) is 2. The molecule has 2 heterocycles. The van der Waals surface area contributed by atoms with Gasteiger partial charge in [0.25, 0.3) is 5.91 Å². The Morgan fingerprint density at radius 2 is 1.90 bits per heavy atom. The molecule has 1 saturated carbocycles. The fourth-order valence-electron chi connectivity index (χ4n) is 3.31. The van der Waals surface area contributed by atoms with E-state index in [4.69, 9.17) is 4.74 Å². The molecule has 0 spiro atoms. The number of nitrogens with one attached hydrogen (secondary N) is 2. The largest absolute Gasteiger partial charge is 0.473 e. The molecule has 1 fully saturated rings. The molecule has 9 heteroatoms. The first-order chi connectivity index (χ1) is 14.8. The number of carbonyl (C=O) groups is 2. The highest BCUT2D eigenvalue weighted by Crippen LogP contribution is 2.25. The van der Waals surface area contributed by atoms with Crippen LogP contribution in [-0.2, 0) is 11.4 Å². The number of nitrogens with zero attached hydrogens (tertiary/aromatic N) is 2. The van der Waals surface area contributed by atoms with Gasteiger partial charge in [0, 0.05) is 12.1 Å². The summed E-state index contributed by atoms with van der Waals surface area (Å²) in [6.07, 6.45) is 1.93. The van der Waals surface area contributed by atoms with Crippen molar-refractivity contribution in [2.24, 2.45) is 0 Å². The maximum Gasteiger partial charge on any atom is 0.255 e. The van der Waals surface area contributed by atoms with E-state index in [1.54, 1.807) is 19.1 Å². The molecule has 2 amide bonds. The highest BCUT2D eigenvalue weighted by atomic mass is 19.1. The van der Waals surface area contributed by atoms with E-state index in [2.05, 4.69) is 15.7 Å². The van der Waals surface area contributed by atoms with Crippen LogP contribution in [0.1, 0.15) is 40.0 Å². The zero-order chi connectivity index (χ0) is 22.1. The summed E-state index contributed by atoms with van der Waals surface area (Å²) in [5, 5.41) is 9.79. The Hall–Kier alpha value is -3.49. The first kappa shape index (κ1) is 20.8. The summed E-state index contributed by atoms with van der Waals surface area (Å²) in [5.41, 5.74) is 1.80. The van der Waals surface area contributed by atoms with E-state index in [1.165, 1.54) is 10.6 Å². The number of fused-ring (bicyclic) bond motifs is 1. The number of benzene rings is 1. The standard InChI is InChI=1S/C22H22F2N4O3/c1-12-8-18-21(22(30)25-10-19(29)26-14-6-7-14)13(2)27-28(18)20(9-12)31-11-15-16(23)4-3-5-17(15)24/h3-5,8-9,14H,6-7,10-11H2,1-2H3,(H,25,30)(H,26,29). The lowest BCUT2D eigenvalue weighted by Gasteiger charge is -2.11. The Morgan fingerprint density at radius 3 is 2.58 bits per heavy atom. The summed E-state index contributed by atoms with van der Waals surface area (Å²) in [4.78, 5) is 24.6. The molecule has 4 rings (SSSR count). The third-order valence-corrected chi connectivity index (χ3v) is 5.03. The van der Waals surface area contributed by atoms with Crippen molar-refractivity contribution in [3.05, 3.63) is 64.4 Å². The van der Waals surface area contributed by atoms with Gasteiger partial charge >= 0.3 is 0 Å². The van der Waals surface area contributed by atoms with Gasteiger partial charge in [0.05, 0.1) is 28.9 Å². The quantitative estimate of drug-likeness (QED) is 0.606. The van der Waals surface area contributed by atoms with E-state index in [0.29, 0.717) is 16.8 Å². The molecule has 0 radical (unpaired) electrons. The van der Waals surface area contributed by atoms with Gasteiger partial charge in [-0.1, -0.05) is 6.07 Å². The predicted molar refractivity (Wildman–Crippen MR) is 109 cm³/mol. The van der Waals surface area contributed by atoms with Gasteiger partial charge in [0.15, 0.2) is 0 Å². The lowest BCUT2D eigenvalue weighted by Crippen LogP contribution is -2.38. The third-order valence-electron chi connectivity index (χ3n) is 5.03. The Kier molecular flexibility index (Phi) is 5.58. The van der Waals surface area contributed by atoms with E-state index in [-0.39, 0.29) is 36.5 Å². The first-order valence-corrected chi connectivity index (χ1v) is 9.96. The Labute approximate surface area is 177 Å². The first-order valence-electron chi connectivity index (χ1n) is 9.96. The van der Waals surface area contributed by atoms with Crippen LogP contribution in [0.25, 0.3) is 5.52 Å². The number of carbonyl (C=O) groups excluding carboxylic acids is 2. The number of aryl methyl sites for hydroxylation is 2. The number of pyridine rings is 1. The van der Waals surface area contributed by atoms with Crippen LogP contribution in [0.2, 0.25) is 0 Å². The van der Waals surface area contributed by atoms with Crippen molar-refractivity contribution in [2.75, 3.05) is 6.54 Å². The molecule has 2 aromatic heterocycles. The molecular weight excluding hydrogens is 406 g/mol. The highest BCUT2D eigenvalue weighted by molar-refractivity contribution is 6.03. The average Bonchev–Trinajstić information content (AvgIpc) is 3.46. The number of rotatable bonds is 7. The highest BCUT2D eigenvalue weighted by Gasteiger charge is 2.24. The van der Waals surface area contributed by atoms with E-state index < -0.39 is 17.5 Å². The van der Waals surface area contributed by atoms with E-state index >= 15 is 0 Å². The topological polar surface area (TPSA) is 84.7 Å². The molecule has 0 bridgehead atoms. The summed E-state index contributed by atoms with van der Waals surface area (Å²) >= 11 is 0. The predicted octanol–water partition coefficient (Wildman–Crippen LogP) is 2.82. The van der Waals surface area contributed by atoms with Crippen LogP contribution in [-0.4, -0.2) is 34.0 Å². The van der Waals surface area contributed by atoms with Crippen LogP contribution in [0.4, 0.5) is 8.78 Å². The van der Waals surface area contributed by atoms with Gasteiger partial charge in [-0.05, 0) is 50.5 Å². The van der Waals surface area contributed by atoms with Crippen molar-refractivity contribution in [3.8, 4) is 5.88 Å². The molecule has 1 aliphatic carbocycles. The molecule has 0 aliphatic heterocycles. The van der Waals surface area contributed by atoms with Gasteiger partial charge in [-0.2, -0.15) is 9.61 Å². The molecule has 31 heavy (non-hydrogen) atoms. The minimum absolute atomic E-state index is 0.131. The molecule has 162 valence electrons. The van der Waals surface area contributed by atoms with Crippen molar-refractivity contribution in [1.82, 2.24) is 20.2 Å². The third kappa shape index (κ3) is 4.50. The smallest absolute Gasteiger partial charge is 0.255 e. The zero-order valence-electron chi connectivity index (χ0n) is 17.2. The van der Waals surface area contributed by atoms with Crippen molar-refractivity contribution < 1.29 is 23.1 Å². The summed E-state index contributed by atoms with van der Waals surface area (Å²) in [6.45, 7) is 3.01. The minimum atomic E-state index is -0.704. The van der Waals surface area contributed by atoms with Gasteiger partial charge < -0.3 is 15.4 Å². The number of hydrogen-bond acceptors (Lipinski definition) is 4. The molecule has 3 aromatic rings. The van der Waals surface area contributed by atoms with Gasteiger partial charge in [-0.3, -0.25) is 9.59 Å². The lowest BCUT2D eigenvalue weighted by molar-refractivity contribution is -0.120. The van der Waals surface area contributed by atoms with Crippen LogP contribution in [0.3, 0.4) is 0 Å². The maximum absolute atomic E-state index is 13.9. The van der Waals surface area contributed by atoms with Crippen LogP contribution in [0, 0.1) is 25.5 Å². The Bertz CT molecular complexity index is 1150. The van der Waals surface area contributed by atoms with E-state index in [0.717, 1.165) is 30.5 Å². The second-order valence-electron chi connectivity index (χ2n) is 7.64. The van der Waals surface area contributed by atoms with Crippen molar-refractivity contribution >= 4 is 17.3 Å². The molecule has 0 atom stereocenters. The maximum atomic E-state index is 13.9. The van der Waals surface area contributed by atoms with Crippen LogP contribution < -0.4 is 15.4 Å². The monoisotopic (exact) mass is 428 g/mol. The molecule has 2 N–H and O–H groups in total. The minimum Gasteiger partial charge on any atom is -0.473 e. The summed E-state index contributed by atoms with van der Waals surface area (Å²) in [7, 11) is 0. The summed E-state index contributed by atoms with van der Waals surface area (Å²) in [6, 6.07) is 7.25. The summed E-state index contributed by atoms with van der Waals surface area (Å²) < 4.78 is 34.9. The SMILES string of the molecule is Cc1cc(OCc2c(F)cccc2F)n2nc(C)c(C(=O)NCC(=O)NC3CC3)c2c1. The van der Waals surface area contributed by atoms with Crippen molar-refractivity contribution in [1.29, 1.82) is 0 Å². The van der Waals surface area contributed by atoms with Crippen molar-refractivity contribution in [3.63, 3.8) is 0 Å². The Morgan fingerprint density at radius 1 is 1.19 bits per heavy atom. The van der Waals surface area contributed by atoms with Gasteiger partial charge in [-0.15, -0.1) is 0 Å². The van der Waals surface area contributed by atoms with Crippen molar-refractivity contribution in [2.45, 2.75) is 39.3 Å². The fraction of sp³-hybridized carbons (Fsp3) is 0.318. The van der Waals surface area contributed by atoms with E-state index in [9.17, 15) is 18.4 Å². The van der Waals surface area contributed by atoms with Gasteiger partial charge in [-0.25, -0.2) is 8.78 Å². The normalized spacial score (nSPS) is 13.3. The summed E-state index contributed by atoms with van der Waals surface area (Å²) in [5.74, 6) is -1.84. The van der Waals surface area contributed by atoms with Gasteiger partial charge in [0.2, 0.25) is 11.8 Å². The molecule has 1 aliphatic rings. The average molecular weight is 428 g/mol. The second-order valence-corrected chi connectivity index (χ2v) is 7.64. The Balaban J connectivity index is 1.57. The molecular formula is C22H22F2N4O3. The zero-order valence-corrected chi connectivity index (χ0v) is 17.2. The number of ether oxygens (including phenoxy) is 1. The molecule has 0 saturated heterocycles. The molecule has 1 aromatic carbocycles. The van der Waals surface area contributed by atoms with Crippen LogP contribution >= 0.6 is 0 Å². The second kappa shape index (κ2) is 8.33. The fourth-order valence-corrected chi connectivity index (χ4v) is 3.31. The molecule has 0 unspecified atom stereocenters. The van der Waals surface area contributed by atoms with Gasteiger partial charge in [0.1, 0.15) is 18.2 Å². The number of aromatic nitrogens is 2.